The molecule has 0 aromatic carbocycles. The van der Waals surface area contributed by atoms with Crippen molar-refractivity contribution in [2.45, 2.75) is 39.5 Å². The number of rotatable bonds is 4. The van der Waals surface area contributed by atoms with Crippen molar-refractivity contribution >= 4 is 23.9 Å². The summed E-state index contributed by atoms with van der Waals surface area (Å²) in [6, 6.07) is 0. The molecule has 2 N–H and O–H groups in total. The predicted molar refractivity (Wildman–Crippen MR) is 86.3 cm³/mol. The number of hydrogen-bond acceptors (Lipinski definition) is 5. The lowest BCUT2D eigenvalue weighted by molar-refractivity contribution is -0.174. The minimum Gasteiger partial charge on any atom is -0.481 e. The van der Waals surface area contributed by atoms with Crippen molar-refractivity contribution in [2.24, 2.45) is 22.7 Å². The molecule has 0 amide bonds. The first kappa shape index (κ1) is 18.9. The second kappa shape index (κ2) is 6.82. The highest BCUT2D eigenvalue weighted by Crippen LogP contribution is 2.40. The highest BCUT2D eigenvalue weighted by molar-refractivity contribution is 5.92. The first-order valence-electron chi connectivity index (χ1n) is 8.13. The molecule has 0 heterocycles. The zero-order chi connectivity index (χ0) is 18.8. The smallest absolute Gasteiger partial charge is 0.319 e. The Hall–Kier alpha value is -2.44. The molecule has 2 aliphatic carbocycles. The van der Waals surface area contributed by atoms with Crippen molar-refractivity contribution in [1.82, 2.24) is 0 Å². The second-order valence-corrected chi connectivity index (χ2v) is 7.36. The number of ether oxygens (including phenoxy) is 1. The third-order valence-electron chi connectivity index (χ3n) is 5.02. The van der Waals surface area contributed by atoms with E-state index >= 15 is 0 Å². The summed E-state index contributed by atoms with van der Waals surface area (Å²) in [5.41, 5.74) is -2.19. The summed E-state index contributed by atoms with van der Waals surface area (Å²) in [4.78, 5) is 47.3. The lowest BCUT2D eigenvalue weighted by Crippen LogP contribution is -2.41. The Kier molecular flexibility index (Phi) is 5.15. The average molecular weight is 350 g/mol. The average Bonchev–Trinajstić information content (AvgIpc) is 2.54. The van der Waals surface area contributed by atoms with Crippen LogP contribution in [0.15, 0.2) is 24.3 Å². The molecule has 0 radical (unpaired) electrons. The minimum absolute atomic E-state index is 0.0549. The minimum atomic E-state index is -1.10. The quantitative estimate of drug-likeness (QED) is 0.453. The van der Waals surface area contributed by atoms with Crippen LogP contribution >= 0.6 is 0 Å². The van der Waals surface area contributed by atoms with Gasteiger partial charge in [0.05, 0.1) is 22.7 Å². The van der Waals surface area contributed by atoms with Gasteiger partial charge in [-0.3, -0.25) is 19.2 Å². The number of esters is 2. The molecule has 7 heteroatoms. The maximum absolute atomic E-state index is 12.5. The second-order valence-electron chi connectivity index (χ2n) is 7.36. The zero-order valence-electron chi connectivity index (χ0n) is 14.2. The lowest BCUT2D eigenvalue weighted by Gasteiger charge is -2.34. The van der Waals surface area contributed by atoms with Crippen LogP contribution < -0.4 is 0 Å². The van der Waals surface area contributed by atoms with Crippen molar-refractivity contribution < 1.29 is 34.1 Å². The van der Waals surface area contributed by atoms with Gasteiger partial charge in [-0.1, -0.05) is 24.3 Å². The van der Waals surface area contributed by atoms with E-state index in [2.05, 4.69) is 0 Å². The maximum atomic E-state index is 12.5. The Morgan fingerprint density at radius 3 is 1.52 bits per heavy atom. The lowest BCUT2D eigenvalue weighted by atomic mass is 9.73. The Balaban J connectivity index is 2.08. The van der Waals surface area contributed by atoms with E-state index in [1.807, 2.05) is 0 Å². The molecule has 7 nitrogen and oxygen atoms in total. The van der Waals surface area contributed by atoms with Gasteiger partial charge in [0.1, 0.15) is 0 Å². The summed E-state index contributed by atoms with van der Waals surface area (Å²) < 4.78 is 5.06. The number of carbonyl (C=O) groups is 4. The summed E-state index contributed by atoms with van der Waals surface area (Å²) in [5.74, 6) is -5.20. The maximum Gasteiger partial charge on any atom is 0.319 e. The molecule has 0 fully saturated rings. The largest absolute Gasteiger partial charge is 0.481 e. The van der Waals surface area contributed by atoms with Crippen LogP contribution in [-0.4, -0.2) is 34.1 Å². The Morgan fingerprint density at radius 2 is 1.20 bits per heavy atom. The molecule has 0 aromatic heterocycles. The third-order valence-corrected chi connectivity index (χ3v) is 5.02. The van der Waals surface area contributed by atoms with Gasteiger partial charge in [-0.15, -0.1) is 0 Å². The summed E-state index contributed by atoms with van der Waals surface area (Å²) in [6.07, 6.45) is 6.97. The monoisotopic (exact) mass is 350 g/mol. The number of aliphatic carboxylic acids is 2. The van der Waals surface area contributed by atoms with Crippen molar-refractivity contribution in [3.63, 3.8) is 0 Å². The molecule has 2 aliphatic rings. The fourth-order valence-corrected chi connectivity index (χ4v) is 3.26. The zero-order valence-corrected chi connectivity index (χ0v) is 14.2. The Bertz CT molecular complexity index is 606. The number of carboxylic acid groups (broad SMARTS) is 2. The van der Waals surface area contributed by atoms with Gasteiger partial charge < -0.3 is 14.9 Å². The molecule has 0 saturated heterocycles. The van der Waals surface area contributed by atoms with Crippen LogP contribution in [0.2, 0.25) is 0 Å². The molecular formula is C18H22O7. The van der Waals surface area contributed by atoms with E-state index in [4.69, 9.17) is 14.9 Å². The normalized spacial score (nSPS) is 34.3. The first-order valence-corrected chi connectivity index (χ1v) is 8.13. The third kappa shape index (κ3) is 3.97. The first-order chi connectivity index (χ1) is 11.6. The van der Waals surface area contributed by atoms with Crippen molar-refractivity contribution in [2.75, 3.05) is 0 Å². The summed E-state index contributed by atoms with van der Waals surface area (Å²) in [7, 11) is 0. The van der Waals surface area contributed by atoms with Crippen molar-refractivity contribution in [3.8, 4) is 0 Å². The summed E-state index contributed by atoms with van der Waals surface area (Å²) >= 11 is 0. The van der Waals surface area contributed by atoms with Crippen LogP contribution in [0.5, 0.6) is 0 Å². The molecule has 0 aromatic rings. The van der Waals surface area contributed by atoms with Gasteiger partial charge in [-0.25, -0.2) is 0 Å². The Morgan fingerprint density at radius 1 is 0.840 bits per heavy atom. The van der Waals surface area contributed by atoms with Gasteiger partial charge in [0.25, 0.3) is 0 Å². The standard InChI is InChI=1S/C18H22O7/c1-17(7-3-5-11(9-17)13(19)20)15(23)25-16(24)18(2)8-4-6-12(10-18)14(21)22/h3-6,11-12H,7-10H2,1-2H3,(H,19,20)(H,21,22)/t11-,12+,17+,18-. The van der Waals surface area contributed by atoms with Crippen LogP contribution in [0.4, 0.5) is 0 Å². The molecule has 136 valence electrons. The van der Waals surface area contributed by atoms with E-state index in [0.29, 0.717) is 0 Å². The molecule has 0 aliphatic heterocycles. The number of carbonyl (C=O) groups excluding carboxylic acids is 2. The molecule has 2 rings (SSSR count). The van der Waals surface area contributed by atoms with Crippen LogP contribution in [-0.2, 0) is 23.9 Å². The van der Waals surface area contributed by atoms with Gasteiger partial charge in [-0.2, -0.15) is 0 Å². The van der Waals surface area contributed by atoms with Crippen molar-refractivity contribution in [1.29, 1.82) is 0 Å². The fraction of sp³-hybridized carbons (Fsp3) is 0.556. The van der Waals surface area contributed by atoms with E-state index in [-0.39, 0.29) is 25.7 Å². The molecule has 4 atom stereocenters. The van der Waals surface area contributed by atoms with E-state index in [1.165, 1.54) is 12.2 Å². The van der Waals surface area contributed by atoms with Crippen LogP contribution in [0.1, 0.15) is 39.5 Å². The molecule has 0 spiro atoms. The SMILES string of the molecule is C[C@]1(C(=O)OC(=O)[C@]2(C)CC=C[C@H](C(=O)O)C2)CC=C[C@@H](C(=O)O)C1. The van der Waals surface area contributed by atoms with E-state index < -0.39 is 46.5 Å². The van der Waals surface area contributed by atoms with Gasteiger partial charge in [0.2, 0.25) is 0 Å². The van der Waals surface area contributed by atoms with Gasteiger partial charge in [0, 0.05) is 0 Å². The molecular weight excluding hydrogens is 328 g/mol. The van der Waals surface area contributed by atoms with Gasteiger partial charge in [-0.05, 0) is 39.5 Å². The molecule has 0 saturated carbocycles. The van der Waals surface area contributed by atoms with Crippen LogP contribution in [0, 0.1) is 22.7 Å². The highest BCUT2D eigenvalue weighted by atomic mass is 16.6. The predicted octanol–water partition coefficient (Wildman–Crippen LogP) is 2.17. The number of carboxylic acids is 2. The number of allylic oxidation sites excluding steroid dienone is 2. The van der Waals surface area contributed by atoms with Crippen LogP contribution in [0.25, 0.3) is 0 Å². The fourth-order valence-electron chi connectivity index (χ4n) is 3.26. The molecule has 0 bridgehead atoms. The highest BCUT2D eigenvalue weighted by Gasteiger charge is 2.45. The van der Waals surface area contributed by atoms with Gasteiger partial charge >= 0.3 is 23.9 Å². The topological polar surface area (TPSA) is 118 Å². The van der Waals surface area contributed by atoms with Gasteiger partial charge in [0.15, 0.2) is 0 Å². The molecule has 25 heavy (non-hydrogen) atoms. The number of hydrogen-bond donors (Lipinski definition) is 2. The summed E-state index contributed by atoms with van der Waals surface area (Å²) in [5, 5.41) is 18.3. The van der Waals surface area contributed by atoms with E-state index in [1.54, 1.807) is 26.0 Å². The van der Waals surface area contributed by atoms with Crippen LogP contribution in [0.3, 0.4) is 0 Å². The van der Waals surface area contributed by atoms with E-state index in [0.717, 1.165) is 0 Å². The van der Waals surface area contributed by atoms with Crippen molar-refractivity contribution in [3.05, 3.63) is 24.3 Å². The summed E-state index contributed by atoms with van der Waals surface area (Å²) in [6.45, 7) is 3.15. The molecule has 0 unspecified atom stereocenters. The Labute approximate surface area is 145 Å². The van der Waals surface area contributed by atoms with E-state index in [9.17, 15) is 19.2 Å².